The third-order valence-corrected chi connectivity index (χ3v) is 9.36. The number of allylic oxidation sites excluding steroid dienone is 2. The van der Waals surface area contributed by atoms with Gasteiger partial charge in [0.25, 0.3) is 0 Å². The first kappa shape index (κ1) is 23.2. The van der Waals surface area contributed by atoms with E-state index in [0.717, 1.165) is 31.2 Å². The molecule has 2 N–H and O–H groups in total. The molecule has 0 bridgehead atoms. The van der Waals surface area contributed by atoms with E-state index < -0.39 is 18.5 Å². The number of rotatable bonds is 2. The number of aliphatic hydroxyl groups is 2. The van der Waals surface area contributed by atoms with Gasteiger partial charge in [-0.3, -0.25) is 4.79 Å². The van der Waals surface area contributed by atoms with E-state index in [4.69, 9.17) is 9.47 Å². The molecule has 5 heteroatoms. The lowest BCUT2D eigenvalue weighted by Crippen LogP contribution is -2.59. The van der Waals surface area contributed by atoms with Gasteiger partial charge in [0.2, 0.25) is 0 Å². The Hall–Kier alpha value is -1.53. The summed E-state index contributed by atoms with van der Waals surface area (Å²) >= 11 is 0. The number of carbonyl (C=O) groups excluding carboxylic acids is 1. The third-order valence-electron chi connectivity index (χ3n) is 9.36. The molecule has 9 atom stereocenters. The van der Waals surface area contributed by atoms with Crippen LogP contribution in [0.25, 0.3) is 0 Å². The fraction of sp³-hybridized carbons (Fsp3) is 0.679. The van der Waals surface area contributed by atoms with E-state index in [2.05, 4.69) is 13.8 Å². The largest absolute Gasteiger partial charge is 0.393 e. The maximum Gasteiger partial charge on any atom is 0.184 e. The Balaban J connectivity index is 1.48. The van der Waals surface area contributed by atoms with Crippen LogP contribution in [0.2, 0.25) is 0 Å². The third kappa shape index (κ3) is 4.01. The van der Waals surface area contributed by atoms with E-state index >= 15 is 0 Å². The van der Waals surface area contributed by atoms with Crippen molar-refractivity contribution in [2.75, 3.05) is 6.61 Å². The smallest absolute Gasteiger partial charge is 0.184 e. The molecular formula is C28H38O5. The summed E-state index contributed by atoms with van der Waals surface area (Å²) in [5.74, 6) is 0.946. The molecule has 1 heterocycles. The Morgan fingerprint density at radius 1 is 1.15 bits per heavy atom. The monoisotopic (exact) mass is 454 g/mol. The summed E-state index contributed by atoms with van der Waals surface area (Å²) in [6.07, 6.45) is 4.65. The summed E-state index contributed by atoms with van der Waals surface area (Å²) in [7, 11) is 0. The van der Waals surface area contributed by atoms with E-state index in [9.17, 15) is 15.0 Å². The van der Waals surface area contributed by atoms with Crippen molar-refractivity contribution < 1.29 is 24.5 Å². The highest BCUT2D eigenvalue weighted by molar-refractivity contribution is 5.91. The molecule has 1 aromatic rings. The van der Waals surface area contributed by atoms with Gasteiger partial charge in [-0.1, -0.05) is 49.8 Å². The van der Waals surface area contributed by atoms with Crippen LogP contribution in [0.5, 0.6) is 0 Å². The van der Waals surface area contributed by atoms with Crippen molar-refractivity contribution in [1.82, 2.24) is 0 Å². The standard InChI is InChI=1S/C28H38O5/c1-17(29)24-14-22-21-10-9-19-13-20(30)11-12-28(19,3)25(21)23(31)15-27(22,2)16-32-26(33-24)18-7-5-4-6-8-18/h4-8,13,17,21-26,29,31H,9-12,14-16H2,1-3H3/t17?,21-,22-,23-,24+,25+,26?,27+,28-/m0/s1. The van der Waals surface area contributed by atoms with Gasteiger partial charge >= 0.3 is 0 Å². The van der Waals surface area contributed by atoms with Gasteiger partial charge in [0.1, 0.15) is 0 Å². The zero-order valence-electron chi connectivity index (χ0n) is 20.1. The second kappa shape index (κ2) is 8.60. The molecule has 0 aromatic heterocycles. The summed E-state index contributed by atoms with van der Waals surface area (Å²) in [6, 6.07) is 9.91. The summed E-state index contributed by atoms with van der Waals surface area (Å²) in [6.45, 7) is 6.84. The molecule has 5 rings (SSSR count). The number of carbonyl (C=O) groups is 1. The lowest BCUT2D eigenvalue weighted by molar-refractivity contribution is -0.256. The first-order valence-corrected chi connectivity index (χ1v) is 12.6. The number of ether oxygens (including phenoxy) is 2. The maximum atomic E-state index is 12.1. The molecule has 0 spiro atoms. The second-order valence-corrected chi connectivity index (χ2v) is 11.5. The lowest BCUT2D eigenvalue weighted by atomic mass is 9.45. The van der Waals surface area contributed by atoms with Crippen LogP contribution in [0.4, 0.5) is 0 Å². The molecule has 180 valence electrons. The van der Waals surface area contributed by atoms with Gasteiger partial charge in [0.15, 0.2) is 12.1 Å². The SMILES string of the molecule is CC(O)[C@H]1C[C@H]2[C@@H]3CCC4=CC(=O)CC[C@]4(C)[C@H]3[C@@H](O)C[C@]2(C)COC(c2ccccc2)O1. The molecule has 1 saturated heterocycles. The molecule has 5 nitrogen and oxygen atoms in total. The zero-order valence-corrected chi connectivity index (χ0v) is 20.1. The molecule has 2 unspecified atom stereocenters. The molecule has 3 aliphatic carbocycles. The number of benzene rings is 1. The highest BCUT2D eigenvalue weighted by Gasteiger charge is 2.59. The molecule has 2 saturated carbocycles. The van der Waals surface area contributed by atoms with Crippen LogP contribution in [0, 0.1) is 28.6 Å². The predicted molar refractivity (Wildman–Crippen MR) is 125 cm³/mol. The molecule has 3 fully saturated rings. The van der Waals surface area contributed by atoms with Gasteiger partial charge in [0.05, 0.1) is 24.9 Å². The average molecular weight is 455 g/mol. The molecule has 33 heavy (non-hydrogen) atoms. The molecule has 4 aliphatic rings. The van der Waals surface area contributed by atoms with Crippen LogP contribution in [-0.4, -0.2) is 40.9 Å². The van der Waals surface area contributed by atoms with Crippen molar-refractivity contribution in [3.63, 3.8) is 0 Å². The number of aliphatic hydroxyl groups excluding tert-OH is 2. The lowest BCUT2D eigenvalue weighted by Gasteiger charge is -2.61. The molecule has 0 radical (unpaired) electrons. The minimum absolute atomic E-state index is 0.127. The Morgan fingerprint density at radius 2 is 1.91 bits per heavy atom. The van der Waals surface area contributed by atoms with Crippen LogP contribution in [0.15, 0.2) is 42.0 Å². The van der Waals surface area contributed by atoms with Gasteiger partial charge in [-0.25, -0.2) is 0 Å². The van der Waals surface area contributed by atoms with Crippen molar-refractivity contribution in [2.45, 2.75) is 83.9 Å². The molecule has 1 aliphatic heterocycles. The minimum Gasteiger partial charge on any atom is -0.393 e. The van der Waals surface area contributed by atoms with Crippen LogP contribution >= 0.6 is 0 Å². The van der Waals surface area contributed by atoms with Crippen molar-refractivity contribution in [3.8, 4) is 0 Å². The topological polar surface area (TPSA) is 76.0 Å². The minimum atomic E-state index is -0.616. The van der Waals surface area contributed by atoms with E-state index in [1.165, 1.54) is 5.57 Å². The number of hydrogen-bond acceptors (Lipinski definition) is 5. The van der Waals surface area contributed by atoms with Gasteiger partial charge in [-0.15, -0.1) is 0 Å². The van der Waals surface area contributed by atoms with E-state index in [1.54, 1.807) is 6.92 Å². The highest BCUT2D eigenvalue weighted by Crippen LogP contribution is 2.63. The predicted octanol–water partition coefficient (Wildman–Crippen LogP) is 4.58. The molecular weight excluding hydrogens is 416 g/mol. The van der Waals surface area contributed by atoms with Crippen molar-refractivity contribution >= 4 is 5.78 Å². The Labute approximate surface area is 197 Å². The fourth-order valence-corrected chi connectivity index (χ4v) is 7.61. The fourth-order valence-electron chi connectivity index (χ4n) is 7.61. The van der Waals surface area contributed by atoms with E-state index in [-0.39, 0.29) is 34.6 Å². The van der Waals surface area contributed by atoms with E-state index in [0.29, 0.717) is 25.4 Å². The van der Waals surface area contributed by atoms with Gasteiger partial charge in [-0.05, 0) is 73.7 Å². The Morgan fingerprint density at radius 3 is 2.64 bits per heavy atom. The zero-order chi connectivity index (χ0) is 23.4. The van der Waals surface area contributed by atoms with Gasteiger partial charge in [0, 0.05) is 12.0 Å². The van der Waals surface area contributed by atoms with Crippen molar-refractivity contribution in [2.24, 2.45) is 28.6 Å². The quantitative estimate of drug-likeness (QED) is 0.684. The average Bonchev–Trinajstić information content (AvgIpc) is 2.77. The first-order valence-electron chi connectivity index (χ1n) is 12.6. The summed E-state index contributed by atoms with van der Waals surface area (Å²) < 4.78 is 12.8. The summed E-state index contributed by atoms with van der Waals surface area (Å²) in [5.41, 5.74) is 1.85. The van der Waals surface area contributed by atoms with Crippen molar-refractivity contribution in [3.05, 3.63) is 47.5 Å². The normalized spacial score (nSPS) is 44.4. The van der Waals surface area contributed by atoms with Gasteiger partial charge < -0.3 is 19.7 Å². The van der Waals surface area contributed by atoms with Crippen LogP contribution in [0.1, 0.15) is 71.1 Å². The van der Waals surface area contributed by atoms with Crippen LogP contribution in [0.3, 0.4) is 0 Å². The number of ketones is 1. The Bertz CT molecular complexity index is 910. The second-order valence-electron chi connectivity index (χ2n) is 11.5. The first-order chi connectivity index (χ1) is 15.7. The van der Waals surface area contributed by atoms with Crippen molar-refractivity contribution in [1.29, 1.82) is 0 Å². The Kier molecular flexibility index (Phi) is 6.05. The van der Waals surface area contributed by atoms with Crippen LogP contribution in [-0.2, 0) is 14.3 Å². The molecule has 0 amide bonds. The summed E-state index contributed by atoms with van der Waals surface area (Å²) in [4.78, 5) is 12.1. The highest BCUT2D eigenvalue weighted by atomic mass is 16.7. The maximum absolute atomic E-state index is 12.1. The van der Waals surface area contributed by atoms with E-state index in [1.807, 2.05) is 36.4 Å². The number of fused-ring (bicyclic) bond motifs is 5. The summed E-state index contributed by atoms with van der Waals surface area (Å²) in [5, 5.41) is 22.2. The number of hydrogen-bond donors (Lipinski definition) is 2. The van der Waals surface area contributed by atoms with Crippen LogP contribution < -0.4 is 0 Å². The molecule has 1 aromatic carbocycles. The van der Waals surface area contributed by atoms with Gasteiger partial charge in [-0.2, -0.15) is 0 Å².